The highest BCUT2D eigenvalue weighted by atomic mass is 19.4. The van der Waals surface area contributed by atoms with Crippen LogP contribution in [0.15, 0.2) is 0 Å². The summed E-state index contributed by atoms with van der Waals surface area (Å²) in [5.41, 5.74) is -0.841. The highest BCUT2D eigenvalue weighted by Gasteiger charge is 2.41. The number of nitrogens with one attached hydrogen (secondary N) is 2. The monoisotopic (exact) mass is 399 g/mol. The zero-order valence-corrected chi connectivity index (χ0v) is 14.3. The summed E-state index contributed by atoms with van der Waals surface area (Å²) >= 11 is 0. The van der Waals surface area contributed by atoms with E-state index in [0.717, 1.165) is 13.8 Å². The van der Waals surface area contributed by atoms with Gasteiger partial charge in [-0.15, -0.1) is 0 Å². The Kier molecular flexibility index (Phi) is 5.72. The summed E-state index contributed by atoms with van der Waals surface area (Å²) in [5.74, 6) is 3.43. The Morgan fingerprint density at radius 2 is 1.37 bits per heavy atom. The molecular formula is C15H16F7N5. The minimum Gasteiger partial charge on any atom is -0.343 e. The lowest BCUT2D eigenvalue weighted by Crippen LogP contribution is -2.35. The maximum absolute atomic E-state index is 12.9. The Hall–Kier alpha value is -2.32. The van der Waals surface area contributed by atoms with E-state index in [2.05, 4.69) is 26.8 Å². The van der Waals surface area contributed by atoms with Crippen molar-refractivity contribution in [1.29, 1.82) is 0 Å². The molecule has 0 radical (unpaired) electrons. The van der Waals surface area contributed by atoms with E-state index in [1.165, 1.54) is 0 Å². The average molecular weight is 399 g/mol. The van der Waals surface area contributed by atoms with Crippen LogP contribution in [0.2, 0.25) is 0 Å². The summed E-state index contributed by atoms with van der Waals surface area (Å²) in [6.07, 6.45) is -8.24. The molecule has 1 aliphatic carbocycles. The van der Waals surface area contributed by atoms with E-state index in [1.54, 1.807) is 0 Å². The number of halogens is 7. The van der Waals surface area contributed by atoms with Crippen molar-refractivity contribution in [3.63, 3.8) is 0 Å². The fourth-order valence-corrected chi connectivity index (χ4v) is 1.74. The molecule has 2 rings (SSSR count). The number of nitrogens with zero attached hydrogens (tertiary/aromatic N) is 3. The molecule has 5 nitrogen and oxygen atoms in total. The molecule has 0 saturated heterocycles. The second-order valence-corrected chi connectivity index (χ2v) is 6.29. The fraction of sp³-hybridized carbons (Fsp3) is 0.667. The second-order valence-electron chi connectivity index (χ2n) is 6.29. The molecule has 0 spiro atoms. The molecule has 27 heavy (non-hydrogen) atoms. The van der Waals surface area contributed by atoms with Crippen molar-refractivity contribution in [3.8, 4) is 11.8 Å². The summed E-state index contributed by atoms with van der Waals surface area (Å²) in [6.45, 7) is 0.878. The highest BCUT2D eigenvalue weighted by molar-refractivity contribution is 5.40. The van der Waals surface area contributed by atoms with Crippen LogP contribution in [0.5, 0.6) is 0 Å². The first-order valence-electron chi connectivity index (χ1n) is 7.86. The minimum atomic E-state index is -4.63. The number of hydrogen-bond donors (Lipinski definition) is 2. The molecule has 2 N–H and O–H groups in total. The maximum Gasteiger partial charge on any atom is 0.408 e. The van der Waals surface area contributed by atoms with Gasteiger partial charge in [0.25, 0.3) is 0 Å². The summed E-state index contributed by atoms with van der Waals surface area (Å²) in [4.78, 5) is 10.9. The summed E-state index contributed by atoms with van der Waals surface area (Å²) in [6, 6.07) is -4.12. The Morgan fingerprint density at radius 1 is 0.926 bits per heavy atom. The number of alkyl halides is 7. The second kappa shape index (κ2) is 7.36. The summed E-state index contributed by atoms with van der Waals surface area (Å²) in [5, 5.41) is 3.90. The van der Waals surface area contributed by atoms with Crippen molar-refractivity contribution >= 4 is 11.9 Å². The molecule has 12 heteroatoms. The molecular weight excluding hydrogens is 383 g/mol. The van der Waals surface area contributed by atoms with Crippen LogP contribution < -0.4 is 10.6 Å². The normalized spacial score (nSPS) is 18.1. The zero-order chi connectivity index (χ0) is 20.5. The third-order valence-corrected chi connectivity index (χ3v) is 3.86. The van der Waals surface area contributed by atoms with E-state index in [4.69, 9.17) is 0 Å². The molecule has 0 amide bonds. The lowest BCUT2D eigenvalue weighted by atomic mass is 10.1. The molecule has 0 aliphatic heterocycles. The van der Waals surface area contributed by atoms with Crippen molar-refractivity contribution in [3.05, 3.63) is 5.82 Å². The molecule has 150 valence electrons. The molecule has 2 atom stereocenters. The van der Waals surface area contributed by atoms with Gasteiger partial charge in [0.2, 0.25) is 17.7 Å². The maximum atomic E-state index is 12.9. The fourth-order valence-electron chi connectivity index (χ4n) is 1.74. The standard InChI is InChI=1S/C15H16F7N5/c1-8(14(17,18)19)23-11-25-10(3-4-13(7-16)5-6-13)26-12(27-11)24-9(2)15(20,21)22/h8-9H,5-7H2,1-2H3,(H2,23,24,25,26,27)/t8-,9-/m1/s1. The third-order valence-electron chi connectivity index (χ3n) is 3.86. The van der Waals surface area contributed by atoms with Crippen molar-refractivity contribution in [2.45, 2.75) is 51.1 Å². The Morgan fingerprint density at radius 3 is 1.70 bits per heavy atom. The first kappa shape index (κ1) is 21.0. The lowest BCUT2D eigenvalue weighted by molar-refractivity contribution is -0.139. The average Bonchev–Trinajstić information content (AvgIpc) is 3.31. The van der Waals surface area contributed by atoms with Crippen molar-refractivity contribution in [2.75, 3.05) is 17.3 Å². The van der Waals surface area contributed by atoms with E-state index in [1.807, 2.05) is 10.6 Å². The molecule has 1 aromatic rings. The number of hydrogen-bond acceptors (Lipinski definition) is 5. The van der Waals surface area contributed by atoms with Gasteiger partial charge in [-0.05, 0) is 32.6 Å². The molecule has 0 bridgehead atoms. The van der Waals surface area contributed by atoms with E-state index in [-0.39, 0.29) is 5.82 Å². The van der Waals surface area contributed by atoms with Gasteiger partial charge in [0.1, 0.15) is 18.8 Å². The van der Waals surface area contributed by atoms with Crippen LogP contribution in [0.1, 0.15) is 32.5 Å². The Labute approximate surface area is 150 Å². The van der Waals surface area contributed by atoms with Gasteiger partial charge in [0, 0.05) is 0 Å². The first-order chi connectivity index (χ1) is 12.3. The third kappa shape index (κ3) is 5.83. The van der Waals surface area contributed by atoms with Crippen LogP contribution in [-0.2, 0) is 0 Å². The van der Waals surface area contributed by atoms with Gasteiger partial charge in [-0.1, -0.05) is 5.92 Å². The topological polar surface area (TPSA) is 62.7 Å². The van der Waals surface area contributed by atoms with Crippen LogP contribution in [0, 0.1) is 17.3 Å². The van der Waals surface area contributed by atoms with Crippen molar-refractivity contribution in [1.82, 2.24) is 15.0 Å². The minimum absolute atomic E-state index is 0.363. The van der Waals surface area contributed by atoms with Gasteiger partial charge in [-0.2, -0.15) is 41.3 Å². The summed E-state index contributed by atoms with van der Waals surface area (Å²) < 4.78 is 89.0. The van der Waals surface area contributed by atoms with Gasteiger partial charge >= 0.3 is 12.4 Å². The SMILES string of the molecule is C[C@@H](Nc1nc(C#CC2(CF)CC2)nc(N[C@H](C)C(F)(F)F)n1)C(F)(F)F. The predicted octanol–water partition coefficient (Wildman–Crippen LogP) is 3.70. The number of anilines is 2. The molecule has 1 aliphatic rings. The largest absolute Gasteiger partial charge is 0.408 e. The Balaban J connectivity index is 2.32. The Bertz CT molecular complexity index is 691. The molecule has 1 fully saturated rings. The van der Waals surface area contributed by atoms with Crippen LogP contribution in [-0.4, -0.2) is 46.1 Å². The van der Waals surface area contributed by atoms with Crippen LogP contribution >= 0.6 is 0 Å². The van der Waals surface area contributed by atoms with E-state index >= 15 is 0 Å². The van der Waals surface area contributed by atoms with Gasteiger partial charge in [0.05, 0.1) is 5.41 Å². The lowest BCUT2D eigenvalue weighted by Gasteiger charge is -2.19. The molecule has 1 saturated carbocycles. The smallest absolute Gasteiger partial charge is 0.343 e. The van der Waals surface area contributed by atoms with E-state index in [9.17, 15) is 30.7 Å². The van der Waals surface area contributed by atoms with Crippen molar-refractivity contribution < 1.29 is 30.7 Å². The number of rotatable bonds is 5. The van der Waals surface area contributed by atoms with Crippen LogP contribution in [0.4, 0.5) is 42.6 Å². The summed E-state index contributed by atoms with van der Waals surface area (Å²) in [7, 11) is 0. The van der Waals surface area contributed by atoms with Gasteiger partial charge < -0.3 is 10.6 Å². The van der Waals surface area contributed by atoms with Gasteiger partial charge in [-0.25, -0.2) is 4.39 Å². The van der Waals surface area contributed by atoms with Crippen LogP contribution in [0.3, 0.4) is 0 Å². The van der Waals surface area contributed by atoms with E-state index in [0.29, 0.717) is 12.8 Å². The van der Waals surface area contributed by atoms with Gasteiger partial charge in [-0.3, -0.25) is 0 Å². The molecule has 1 aromatic heterocycles. The molecule has 0 unspecified atom stereocenters. The van der Waals surface area contributed by atoms with Crippen molar-refractivity contribution in [2.24, 2.45) is 5.41 Å². The van der Waals surface area contributed by atoms with Crippen LogP contribution in [0.25, 0.3) is 0 Å². The first-order valence-corrected chi connectivity index (χ1v) is 7.86. The predicted molar refractivity (Wildman–Crippen MR) is 82.6 cm³/mol. The number of aromatic nitrogens is 3. The molecule has 1 heterocycles. The quantitative estimate of drug-likeness (QED) is 0.584. The highest BCUT2D eigenvalue weighted by Crippen LogP contribution is 2.45. The van der Waals surface area contributed by atoms with E-state index < -0.39 is 48.4 Å². The molecule has 0 aromatic carbocycles. The zero-order valence-electron chi connectivity index (χ0n) is 14.3. The van der Waals surface area contributed by atoms with Gasteiger partial charge in [0.15, 0.2) is 0 Å².